The Hall–Kier alpha value is -3.33. The predicted octanol–water partition coefficient (Wildman–Crippen LogP) is 3.92. The van der Waals surface area contributed by atoms with Gasteiger partial charge in [0.1, 0.15) is 5.52 Å². The lowest BCUT2D eigenvalue weighted by Gasteiger charge is -2.27. The molecule has 0 unspecified atom stereocenters. The number of ether oxygens (including phenoxy) is 2. The van der Waals surface area contributed by atoms with E-state index in [-0.39, 0.29) is 0 Å². The van der Waals surface area contributed by atoms with Gasteiger partial charge < -0.3 is 18.8 Å². The Morgan fingerprint density at radius 1 is 1.17 bits per heavy atom. The van der Waals surface area contributed by atoms with Gasteiger partial charge in [-0.25, -0.2) is 15.0 Å². The summed E-state index contributed by atoms with van der Waals surface area (Å²) in [5.41, 5.74) is 6.74. The minimum Gasteiger partial charge on any atom is -0.432 e. The first-order chi connectivity index (χ1) is 17.2. The summed E-state index contributed by atoms with van der Waals surface area (Å²) >= 11 is 0. The molecule has 8 nitrogen and oxygen atoms in total. The summed E-state index contributed by atoms with van der Waals surface area (Å²) in [6, 6.07) is 8.51. The second-order valence-electron chi connectivity index (χ2n) is 9.16. The predicted molar refractivity (Wildman–Crippen MR) is 137 cm³/mol. The molecule has 8 heteroatoms. The molecule has 6 rings (SSSR count). The van der Waals surface area contributed by atoms with Crippen LogP contribution < -0.4 is 4.90 Å². The van der Waals surface area contributed by atoms with Crippen LogP contribution in [0.4, 0.5) is 5.82 Å². The zero-order valence-electron chi connectivity index (χ0n) is 20.2. The summed E-state index contributed by atoms with van der Waals surface area (Å²) < 4.78 is 17.1. The molecule has 0 atom stereocenters. The molecule has 0 saturated carbocycles. The van der Waals surface area contributed by atoms with E-state index in [0.717, 1.165) is 60.4 Å². The molecule has 1 aromatic carbocycles. The van der Waals surface area contributed by atoms with Gasteiger partial charge in [-0.1, -0.05) is 30.4 Å². The number of aromatic nitrogens is 3. The number of allylic oxidation sites excluding steroid dienone is 1. The number of benzene rings is 1. The SMILES string of the molecule is COCCN(C)Cc1cnc2oc3c(N4CCOCC4)nc(-c4cccc5c4C=CC5)nc3c2c1. The van der Waals surface area contributed by atoms with Crippen LogP contribution in [0.1, 0.15) is 16.7 Å². The molecule has 1 fully saturated rings. The average Bonchev–Trinajstić information content (AvgIpc) is 3.52. The van der Waals surface area contributed by atoms with E-state index in [1.807, 2.05) is 6.20 Å². The number of hydrogen-bond acceptors (Lipinski definition) is 8. The lowest BCUT2D eigenvalue weighted by Crippen LogP contribution is -2.37. The molecule has 1 saturated heterocycles. The van der Waals surface area contributed by atoms with Gasteiger partial charge in [0, 0.05) is 45.0 Å². The number of pyridine rings is 1. The number of likely N-dealkylation sites (N-methyl/N-ethyl adjacent to an activating group) is 1. The molecule has 1 aliphatic carbocycles. The van der Waals surface area contributed by atoms with E-state index in [9.17, 15) is 0 Å². The van der Waals surface area contributed by atoms with E-state index in [0.29, 0.717) is 36.9 Å². The van der Waals surface area contributed by atoms with Crippen molar-refractivity contribution in [1.29, 1.82) is 0 Å². The molecule has 4 aromatic rings. The van der Waals surface area contributed by atoms with Crippen molar-refractivity contribution >= 4 is 34.1 Å². The Morgan fingerprint density at radius 2 is 2.06 bits per heavy atom. The minimum atomic E-state index is 0.586. The molecular weight excluding hydrogens is 442 g/mol. The quantitative estimate of drug-likeness (QED) is 0.401. The zero-order valence-corrected chi connectivity index (χ0v) is 20.2. The number of anilines is 1. The Kier molecular flexibility index (Phi) is 5.93. The van der Waals surface area contributed by atoms with Crippen LogP contribution in [-0.4, -0.2) is 73.5 Å². The van der Waals surface area contributed by atoms with Crippen molar-refractivity contribution < 1.29 is 13.9 Å². The summed E-state index contributed by atoms with van der Waals surface area (Å²) in [5, 5.41) is 0.916. The molecule has 1 aliphatic heterocycles. The summed E-state index contributed by atoms with van der Waals surface area (Å²) in [6.07, 6.45) is 7.20. The van der Waals surface area contributed by atoms with E-state index in [1.54, 1.807) is 7.11 Å². The number of nitrogens with zero attached hydrogens (tertiary/aromatic N) is 5. The Bertz CT molecular complexity index is 1410. The third-order valence-electron chi connectivity index (χ3n) is 6.71. The molecule has 0 spiro atoms. The second-order valence-corrected chi connectivity index (χ2v) is 9.16. The van der Waals surface area contributed by atoms with Crippen LogP contribution in [0, 0.1) is 0 Å². The van der Waals surface area contributed by atoms with E-state index in [2.05, 4.69) is 58.2 Å². The van der Waals surface area contributed by atoms with E-state index >= 15 is 0 Å². The lowest BCUT2D eigenvalue weighted by molar-refractivity contribution is 0.122. The van der Waals surface area contributed by atoms with Crippen LogP contribution in [0.15, 0.2) is 41.0 Å². The van der Waals surface area contributed by atoms with Gasteiger partial charge in [-0.15, -0.1) is 0 Å². The second kappa shape index (κ2) is 9.37. The summed E-state index contributed by atoms with van der Waals surface area (Å²) in [4.78, 5) is 19.2. The maximum Gasteiger partial charge on any atom is 0.229 e. The van der Waals surface area contributed by atoms with Crippen molar-refractivity contribution in [2.45, 2.75) is 13.0 Å². The molecule has 0 N–H and O–H groups in total. The van der Waals surface area contributed by atoms with Crippen molar-refractivity contribution in [2.75, 3.05) is 58.5 Å². The highest BCUT2D eigenvalue weighted by Gasteiger charge is 2.24. The van der Waals surface area contributed by atoms with Gasteiger partial charge in [-0.2, -0.15) is 0 Å². The summed E-state index contributed by atoms with van der Waals surface area (Å²) in [5.74, 6) is 1.53. The van der Waals surface area contributed by atoms with Crippen molar-refractivity contribution in [3.05, 3.63) is 53.2 Å². The Labute approximate surface area is 204 Å². The standard InChI is InChI=1S/C27H29N5O3/c1-31(9-12-33-2)17-18-15-22-23-24(35-27(22)28-16-18)26(32-10-13-34-14-11-32)30-25(29-23)21-8-4-6-19-5-3-7-20(19)21/h3-4,6-8,15-16H,5,9-14,17H2,1-2H3. The van der Waals surface area contributed by atoms with Gasteiger partial charge in [0.25, 0.3) is 0 Å². The summed E-state index contributed by atoms with van der Waals surface area (Å²) in [6.45, 7) is 5.17. The molecule has 180 valence electrons. The van der Waals surface area contributed by atoms with Crippen molar-refractivity contribution in [1.82, 2.24) is 19.9 Å². The van der Waals surface area contributed by atoms with Crippen LogP contribution in [0.3, 0.4) is 0 Å². The highest BCUT2D eigenvalue weighted by atomic mass is 16.5. The lowest BCUT2D eigenvalue weighted by atomic mass is 10.0. The smallest absolute Gasteiger partial charge is 0.229 e. The molecule has 3 aromatic heterocycles. The van der Waals surface area contributed by atoms with Gasteiger partial charge in [0.05, 0.1) is 25.2 Å². The minimum absolute atomic E-state index is 0.586. The number of hydrogen-bond donors (Lipinski definition) is 0. The Balaban J connectivity index is 1.51. The van der Waals surface area contributed by atoms with E-state index in [4.69, 9.17) is 23.9 Å². The van der Waals surface area contributed by atoms with Crippen LogP contribution in [0.25, 0.3) is 39.7 Å². The van der Waals surface area contributed by atoms with E-state index in [1.165, 1.54) is 11.1 Å². The monoisotopic (exact) mass is 471 g/mol. The largest absolute Gasteiger partial charge is 0.432 e. The molecule has 0 bridgehead atoms. The average molecular weight is 472 g/mol. The third kappa shape index (κ3) is 4.18. The normalized spacial score (nSPS) is 15.6. The fraction of sp³-hybridized carbons (Fsp3) is 0.370. The Morgan fingerprint density at radius 3 is 2.91 bits per heavy atom. The van der Waals surface area contributed by atoms with Crippen LogP contribution in [0.2, 0.25) is 0 Å². The first-order valence-electron chi connectivity index (χ1n) is 12.1. The molecule has 4 heterocycles. The molecular formula is C27H29N5O3. The third-order valence-corrected chi connectivity index (χ3v) is 6.71. The zero-order chi connectivity index (χ0) is 23.8. The first-order valence-corrected chi connectivity index (χ1v) is 12.1. The van der Waals surface area contributed by atoms with Gasteiger partial charge in [0.2, 0.25) is 5.71 Å². The van der Waals surface area contributed by atoms with Gasteiger partial charge in [-0.3, -0.25) is 4.90 Å². The number of methoxy groups -OCH3 is 1. The fourth-order valence-corrected chi connectivity index (χ4v) is 4.88. The van der Waals surface area contributed by atoms with Crippen molar-refractivity contribution in [3.8, 4) is 11.4 Å². The molecule has 35 heavy (non-hydrogen) atoms. The maximum absolute atomic E-state index is 6.28. The van der Waals surface area contributed by atoms with Crippen LogP contribution >= 0.6 is 0 Å². The van der Waals surface area contributed by atoms with Gasteiger partial charge >= 0.3 is 0 Å². The van der Waals surface area contributed by atoms with Gasteiger partial charge in [0.15, 0.2) is 17.2 Å². The molecule has 2 aliphatic rings. The molecule has 0 radical (unpaired) electrons. The highest BCUT2D eigenvalue weighted by molar-refractivity contribution is 6.05. The number of furan rings is 1. The number of morpholine rings is 1. The highest BCUT2D eigenvalue weighted by Crippen LogP contribution is 2.37. The van der Waals surface area contributed by atoms with Crippen molar-refractivity contribution in [2.24, 2.45) is 0 Å². The molecule has 0 amide bonds. The number of rotatable bonds is 7. The number of fused-ring (bicyclic) bond motifs is 4. The maximum atomic E-state index is 6.28. The van der Waals surface area contributed by atoms with Gasteiger partial charge in [-0.05, 0) is 36.2 Å². The first kappa shape index (κ1) is 22.2. The van der Waals surface area contributed by atoms with Crippen LogP contribution in [-0.2, 0) is 22.4 Å². The van der Waals surface area contributed by atoms with Crippen LogP contribution in [0.5, 0.6) is 0 Å². The van der Waals surface area contributed by atoms with Crippen molar-refractivity contribution in [3.63, 3.8) is 0 Å². The summed E-state index contributed by atoms with van der Waals surface area (Å²) in [7, 11) is 3.80. The van der Waals surface area contributed by atoms with E-state index < -0.39 is 0 Å². The topological polar surface area (TPSA) is 76.8 Å². The fourth-order valence-electron chi connectivity index (χ4n) is 4.88.